The molecule has 3 rings (SSSR count). The van der Waals surface area contributed by atoms with Gasteiger partial charge in [-0.15, -0.1) is 0 Å². The number of halogens is 2. The van der Waals surface area contributed by atoms with Crippen molar-refractivity contribution >= 4 is 35.1 Å². The minimum absolute atomic E-state index is 0.00622. The molecule has 0 bridgehead atoms. The quantitative estimate of drug-likeness (QED) is 0.613. The minimum atomic E-state index is -1.36. The van der Waals surface area contributed by atoms with E-state index >= 15 is 0 Å². The molecule has 2 aromatic rings. The summed E-state index contributed by atoms with van der Waals surface area (Å²) in [4.78, 5) is 49.1. The molecule has 0 spiro atoms. The van der Waals surface area contributed by atoms with Gasteiger partial charge in [0.25, 0.3) is 5.91 Å². The number of para-hydroxylation sites is 1. The van der Waals surface area contributed by atoms with Crippen molar-refractivity contribution in [3.8, 4) is 0 Å². The van der Waals surface area contributed by atoms with E-state index in [4.69, 9.17) is 4.74 Å². The maximum atomic E-state index is 13.6. The van der Waals surface area contributed by atoms with Gasteiger partial charge in [0.1, 0.15) is 17.3 Å². The first-order chi connectivity index (χ1) is 13.8. The van der Waals surface area contributed by atoms with Gasteiger partial charge in [0, 0.05) is 12.8 Å². The van der Waals surface area contributed by atoms with Crippen molar-refractivity contribution in [2.45, 2.75) is 25.9 Å². The summed E-state index contributed by atoms with van der Waals surface area (Å²) >= 11 is 0. The van der Waals surface area contributed by atoms with E-state index in [1.54, 1.807) is 0 Å². The molecule has 29 heavy (non-hydrogen) atoms. The summed E-state index contributed by atoms with van der Waals surface area (Å²) in [6, 6.07) is 8.73. The molecule has 1 N–H and O–H groups in total. The van der Waals surface area contributed by atoms with Crippen molar-refractivity contribution in [2.75, 3.05) is 10.2 Å². The molecule has 7 nitrogen and oxygen atoms in total. The molecule has 2 aromatic carbocycles. The SMILES string of the molecule is C[C@H](OC(=O)c1cccc(N2C(=O)CCC2=O)c1)C(=O)Nc1c(F)cccc1F. The number of hydrogen-bond donors (Lipinski definition) is 1. The second-order valence-electron chi connectivity index (χ2n) is 6.31. The van der Waals surface area contributed by atoms with Gasteiger partial charge in [0.05, 0.1) is 11.3 Å². The van der Waals surface area contributed by atoms with Gasteiger partial charge in [0.2, 0.25) is 11.8 Å². The monoisotopic (exact) mass is 402 g/mol. The number of carbonyl (C=O) groups excluding carboxylic acids is 4. The van der Waals surface area contributed by atoms with Crippen molar-refractivity contribution in [2.24, 2.45) is 0 Å². The van der Waals surface area contributed by atoms with Crippen molar-refractivity contribution in [1.29, 1.82) is 0 Å². The van der Waals surface area contributed by atoms with Gasteiger partial charge in [-0.25, -0.2) is 13.6 Å². The van der Waals surface area contributed by atoms with Crippen LogP contribution in [0.25, 0.3) is 0 Å². The van der Waals surface area contributed by atoms with Crippen LogP contribution in [-0.4, -0.2) is 29.8 Å². The Hall–Kier alpha value is -3.62. The Balaban J connectivity index is 1.70. The molecular weight excluding hydrogens is 386 g/mol. The molecule has 0 radical (unpaired) electrons. The van der Waals surface area contributed by atoms with Gasteiger partial charge >= 0.3 is 5.97 Å². The van der Waals surface area contributed by atoms with E-state index < -0.39 is 35.3 Å². The van der Waals surface area contributed by atoms with Gasteiger partial charge < -0.3 is 10.1 Å². The Labute approximate surface area is 164 Å². The number of esters is 1. The Morgan fingerprint density at radius 1 is 1.03 bits per heavy atom. The fourth-order valence-electron chi connectivity index (χ4n) is 2.76. The van der Waals surface area contributed by atoms with Crippen molar-refractivity contribution in [3.63, 3.8) is 0 Å². The largest absolute Gasteiger partial charge is 0.449 e. The maximum Gasteiger partial charge on any atom is 0.338 e. The third kappa shape index (κ3) is 4.29. The van der Waals surface area contributed by atoms with Crippen molar-refractivity contribution in [3.05, 3.63) is 59.7 Å². The van der Waals surface area contributed by atoms with E-state index in [9.17, 15) is 28.0 Å². The number of rotatable bonds is 5. The zero-order valence-electron chi connectivity index (χ0n) is 15.3. The van der Waals surface area contributed by atoms with Gasteiger partial charge in [-0.1, -0.05) is 12.1 Å². The molecule has 1 atom stereocenters. The van der Waals surface area contributed by atoms with Crippen LogP contribution in [0.1, 0.15) is 30.1 Å². The molecule has 1 saturated heterocycles. The highest BCUT2D eigenvalue weighted by Gasteiger charge is 2.31. The number of amides is 3. The number of nitrogens with zero attached hydrogens (tertiary/aromatic N) is 1. The molecule has 1 heterocycles. The highest BCUT2D eigenvalue weighted by atomic mass is 19.1. The van der Waals surface area contributed by atoms with Gasteiger partial charge in [-0.2, -0.15) is 0 Å². The maximum absolute atomic E-state index is 13.6. The zero-order valence-corrected chi connectivity index (χ0v) is 15.3. The third-order valence-electron chi connectivity index (χ3n) is 4.26. The van der Waals surface area contributed by atoms with E-state index in [-0.39, 0.29) is 35.9 Å². The van der Waals surface area contributed by atoms with E-state index in [2.05, 4.69) is 0 Å². The van der Waals surface area contributed by atoms with Crippen LogP contribution in [0.5, 0.6) is 0 Å². The average Bonchev–Trinajstić information content (AvgIpc) is 3.03. The fraction of sp³-hybridized carbons (Fsp3) is 0.200. The summed E-state index contributed by atoms with van der Waals surface area (Å²) in [5, 5.41) is 2.04. The second-order valence-corrected chi connectivity index (χ2v) is 6.31. The highest BCUT2D eigenvalue weighted by molar-refractivity contribution is 6.20. The number of carbonyl (C=O) groups is 4. The number of anilines is 2. The lowest BCUT2D eigenvalue weighted by Crippen LogP contribution is -2.31. The first kappa shape index (κ1) is 20.1. The molecule has 1 fully saturated rings. The Bertz CT molecular complexity index is 972. The van der Waals surface area contributed by atoms with E-state index in [1.165, 1.54) is 31.2 Å². The van der Waals surface area contributed by atoms with Gasteiger partial charge in [0.15, 0.2) is 6.10 Å². The van der Waals surface area contributed by atoms with Gasteiger partial charge in [-0.05, 0) is 37.3 Å². The highest BCUT2D eigenvalue weighted by Crippen LogP contribution is 2.24. The number of nitrogens with one attached hydrogen (secondary N) is 1. The molecule has 0 aromatic heterocycles. The average molecular weight is 402 g/mol. The smallest absolute Gasteiger partial charge is 0.338 e. The van der Waals surface area contributed by atoms with E-state index in [0.717, 1.165) is 23.1 Å². The summed E-state index contributed by atoms with van der Waals surface area (Å²) in [7, 11) is 0. The Morgan fingerprint density at radius 3 is 2.24 bits per heavy atom. The predicted molar refractivity (Wildman–Crippen MR) is 98.0 cm³/mol. The van der Waals surface area contributed by atoms with Crippen LogP contribution in [0.4, 0.5) is 20.2 Å². The topological polar surface area (TPSA) is 92.8 Å². The minimum Gasteiger partial charge on any atom is -0.449 e. The predicted octanol–water partition coefficient (Wildman–Crippen LogP) is 2.80. The molecule has 1 aliphatic rings. The number of hydrogen-bond acceptors (Lipinski definition) is 5. The molecule has 1 aliphatic heterocycles. The zero-order chi connectivity index (χ0) is 21.1. The standard InChI is InChI=1S/C20H16F2N2O5/c1-11(19(27)23-18-14(21)6-3-7-15(18)22)29-20(28)12-4-2-5-13(10-12)24-16(25)8-9-17(24)26/h2-7,10-11H,8-9H2,1H3,(H,23,27)/t11-/m0/s1. The van der Waals surface area contributed by atoms with Crippen LogP contribution in [0.3, 0.4) is 0 Å². The lowest BCUT2D eigenvalue weighted by Gasteiger charge is -2.16. The summed E-state index contributed by atoms with van der Waals surface area (Å²) in [6.45, 7) is 1.24. The van der Waals surface area contributed by atoms with Crippen LogP contribution in [0.2, 0.25) is 0 Å². The molecule has 150 valence electrons. The third-order valence-corrected chi connectivity index (χ3v) is 4.26. The summed E-state index contributed by atoms with van der Waals surface area (Å²) in [5.74, 6) is -4.51. The molecular formula is C20H16F2N2O5. The molecule has 0 aliphatic carbocycles. The second kappa shape index (κ2) is 8.17. The van der Waals surface area contributed by atoms with Gasteiger partial charge in [-0.3, -0.25) is 19.3 Å². The lowest BCUT2D eigenvalue weighted by molar-refractivity contribution is -0.124. The van der Waals surface area contributed by atoms with Crippen molar-refractivity contribution < 1.29 is 32.7 Å². The molecule has 0 saturated carbocycles. The Kier molecular flexibility index (Phi) is 5.67. The molecule has 9 heteroatoms. The van der Waals surface area contributed by atoms with Crippen LogP contribution in [0.15, 0.2) is 42.5 Å². The Morgan fingerprint density at radius 2 is 1.62 bits per heavy atom. The number of benzene rings is 2. The normalized spacial score (nSPS) is 14.7. The van der Waals surface area contributed by atoms with Crippen molar-refractivity contribution in [1.82, 2.24) is 0 Å². The van der Waals surface area contributed by atoms with Crippen LogP contribution >= 0.6 is 0 Å². The first-order valence-corrected chi connectivity index (χ1v) is 8.69. The van der Waals surface area contributed by atoms with E-state index in [1.807, 2.05) is 5.32 Å². The summed E-state index contributed by atoms with van der Waals surface area (Å²) < 4.78 is 32.3. The lowest BCUT2D eigenvalue weighted by atomic mass is 10.2. The van der Waals surface area contributed by atoms with Crippen LogP contribution < -0.4 is 10.2 Å². The summed E-state index contributed by atoms with van der Waals surface area (Å²) in [5.41, 5.74) is -0.419. The summed E-state index contributed by atoms with van der Waals surface area (Å²) in [6.07, 6.45) is -1.17. The van der Waals surface area contributed by atoms with Crippen LogP contribution in [0, 0.1) is 11.6 Å². The number of ether oxygens (including phenoxy) is 1. The van der Waals surface area contributed by atoms with Crippen LogP contribution in [-0.2, 0) is 19.1 Å². The van der Waals surface area contributed by atoms with E-state index in [0.29, 0.717) is 0 Å². The molecule has 0 unspecified atom stereocenters. The fourth-order valence-corrected chi connectivity index (χ4v) is 2.76. The first-order valence-electron chi connectivity index (χ1n) is 8.69. The number of imide groups is 1. The molecule has 3 amide bonds.